The van der Waals surface area contributed by atoms with Gasteiger partial charge in [-0.3, -0.25) is 0 Å². The van der Waals surface area contributed by atoms with Crippen LogP contribution in [-0.4, -0.2) is 37.0 Å². The molecule has 0 spiro atoms. The molecule has 0 saturated carbocycles. The molecule has 1 fully saturated rings. The first kappa shape index (κ1) is 7.98. The molecule has 3 heteroatoms. The molecule has 10 heavy (non-hydrogen) atoms. The highest BCUT2D eigenvalue weighted by Gasteiger charge is 2.33. The average Bonchev–Trinajstić information content (AvgIpc) is 1.87. The number of likely N-dealkylation sites (N-methyl/N-ethyl adjacent to an activating group) is 1. The summed E-state index contributed by atoms with van der Waals surface area (Å²) in [5.74, 6) is 0. The van der Waals surface area contributed by atoms with Gasteiger partial charge in [0.05, 0.1) is 18.2 Å². The third-order valence-corrected chi connectivity index (χ3v) is 2.14. The Morgan fingerprint density at radius 3 is 2.80 bits per heavy atom. The Kier molecular flexibility index (Phi) is 2.28. The van der Waals surface area contributed by atoms with Crippen molar-refractivity contribution >= 4 is 0 Å². The SMILES string of the molecule is CNC1COCCC1(C)O. The van der Waals surface area contributed by atoms with E-state index in [9.17, 15) is 5.11 Å². The molecule has 0 amide bonds. The van der Waals surface area contributed by atoms with Crippen molar-refractivity contribution in [2.75, 3.05) is 20.3 Å². The summed E-state index contributed by atoms with van der Waals surface area (Å²) < 4.78 is 5.19. The van der Waals surface area contributed by atoms with E-state index < -0.39 is 5.60 Å². The molecule has 2 atom stereocenters. The molecule has 0 bridgehead atoms. The van der Waals surface area contributed by atoms with Crippen LogP contribution >= 0.6 is 0 Å². The zero-order valence-electron chi connectivity index (χ0n) is 6.55. The van der Waals surface area contributed by atoms with Crippen molar-refractivity contribution in [3.05, 3.63) is 0 Å². The van der Waals surface area contributed by atoms with E-state index in [1.807, 2.05) is 14.0 Å². The topological polar surface area (TPSA) is 41.5 Å². The number of rotatable bonds is 1. The van der Waals surface area contributed by atoms with Crippen molar-refractivity contribution in [3.8, 4) is 0 Å². The fourth-order valence-corrected chi connectivity index (χ4v) is 1.23. The molecule has 0 aromatic rings. The number of hydrogen-bond acceptors (Lipinski definition) is 3. The van der Waals surface area contributed by atoms with Gasteiger partial charge in [0.2, 0.25) is 0 Å². The minimum Gasteiger partial charge on any atom is -0.388 e. The Balaban J connectivity index is 2.51. The summed E-state index contributed by atoms with van der Waals surface area (Å²) in [5, 5.41) is 12.7. The summed E-state index contributed by atoms with van der Waals surface area (Å²) in [6, 6.07) is 0.0845. The van der Waals surface area contributed by atoms with Gasteiger partial charge in [-0.25, -0.2) is 0 Å². The van der Waals surface area contributed by atoms with E-state index in [1.165, 1.54) is 0 Å². The van der Waals surface area contributed by atoms with Crippen LogP contribution in [0, 0.1) is 0 Å². The molecule has 60 valence electrons. The average molecular weight is 145 g/mol. The maximum atomic E-state index is 9.69. The van der Waals surface area contributed by atoms with Crippen molar-refractivity contribution in [1.29, 1.82) is 0 Å². The van der Waals surface area contributed by atoms with E-state index in [2.05, 4.69) is 5.32 Å². The summed E-state index contributed by atoms with van der Waals surface area (Å²) in [6.45, 7) is 3.13. The summed E-state index contributed by atoms with van der Waals surface area (Å²) >= 11 is 0. The summed E-state index contributed by atoms with van der Waals surface area (Å²) in [7, 11) is 1.84. The van der Waals surface area contributed by atoms with Gasteiger partial charge in [0, 0.05) is 13.0 Å². The van der Waals surface area contributed by atoms with Crippen LogP contribution < -0.4 is 5.32 Å². The standard InChI is InChI=1S/C7H15NO2/c1-7(9)3-4-10-5-6(7)8-2/h6,8-9H,3-5H2,1-2H3. The molecule has 3 nitrogen and oxygen atoms in total. The van der Waals surface area contributed by atoms with E-state index in [0.717, 1.165) is 6.42 Å². The lowest BCUT2D eigenvalue weighted by Gasteiger charge is -2.36. The number of nitrogens with one attached hydrogen (secondary N) is 1. The molecule has 1 rings (SSSR count). The van der Waals surface area contributed by atoms with Crippen molar-refractivity contribution in [1.82, 2.24) is 5.32 Å². The number of hydrogen-bond donors (Lipinski definition) is 2. The first-order valence-electron chi connectivity index (χ1n) is 3.64. The van der Waals surface area contributed by atoms with Gasteiger partial charge < -0.3 is 15.2 Å². The van der Waals surface area contributed by atoms with Gasteiger partial charge >= 0.3 is 0 Å². The van der Waals surface area contributed by atoms with Gasteiger partial charge in [0.1, 0.15) is 0 Å². The van der Waals surface area contributed by atoms with Gasteiger partial charge in [-0.1, -0.05) is 0 Å². The van der Waals surface area contributed by atoms with Crippen molar-refractivity contribution in [2.24, 2.45) is 0 Å². The van der Waals surface area contributed by atoms with Crippen LogP contribution in [0.15, 0.2) is 0 Å². The van der Waals surface area contributed by atoms with Crippen LogP contribution in [0.2, 0.25) is 0 Å². The summed E-state index contributed by atoms with van der Waals surface area (Å²) in [5.41, 5.74) is -0.590. The second kappa shape index (κ2) is 2.86. The predicted octanol–water partition coefficient (Wildman–Crippen LogP) is -0.254. The van der Waals surface area contributed by atoms with E-state index in [-0.39, 0.29) is 6.04 Å². The minimum absolute atomic E-state index is 0.0845. The monoisotopic (exact) mass is 145 g/mol. The fraction of sp³-hybridized carbons (Fsp3) is 1.00. The minimum atomic E-state index is -0.590. The molecule has 1 heterocycles. The normalized spacial score (nSPS) is 41.7. The zero-order chi connectivity index (χ0) is 7.61. The van der Waals surface area contributed by atoms with Gasteiger partial charge in [-0.15, -0.1) is 0 Å². The lowest BCUT2D eigenvalue weighted by molar-refractivity contribution is -0.0771. The highest BCUT2D eigenvalue weighted by atomic mass is 16.5. The van der Waals surface area contributed by atoms with E-state index >= 15 is 0 Å². The molecule has 0 aliphatic carbocycles. The zero-order valence-corrected chi connectivity index (χ0v) is 6.55. The van der Waals surface area contributed by atoms with Crippen molar-refractivity contribution in [3.63, 3.8) is 0 Å². The molecule has 2 N–H and O–H groups in total. The maximum absolute atomic E-state index is 9.69. The van der Waals surface area contributed by atoms with E-state index in [0.29, 0.717) is 13.2 Å². The number of aliphatic hydroxyl groups is 1. The van der Waals surface area contributed by atoms with Crippen LogP contribution in [0.5, 0.6) is 0 Å². The van der Waals surface area contributed by atoms with Gasteiger partial charge in [-0.2, -0.15) is 0 Å². The third-order valence-electron chi connectivity index (χ3n) is 2.14. The quantitative estimate of drug-likeness (QED) is 0.534. The largest absolute Gasteiger partial charge is 0.388 e. The summed E-state index contributed by atoms with van der Waals surface area (Å²) in [6.07, 6.45) is 0.721. The van der Waals surface area contributed by atoms with Gasteiger partial charge in [0.15, 0.2) is 0 Å². The molecule has 1 aliphatic rings. The van der Waals surface area contributed by atoms with Crippen LogP contribution in [-0.2, 0) is 4.74 Å². The highest BCUT2D eigenvalue weighted by Crippen LogP contribution is 2.19. The molecule has 0 aromatic carbocycles. The van der Waals surface area contributed by atoms with Gasteiger partial charge in [0.25, 0.3) is 0 Å². The molecule has 1 saturated heterocycles. The Hall–Kier alpha value is -0.120. The second-order valence-electron chi connectivity index (χ2n) is 3.02. The lowest BCUT2D eigenvalue weighted by Crippen LogP contribution is -2.53. The van der Waals surface area contributed by atoms with Crippen LogP contribution in [0.1, 0.15) is 13.3 Å². The van der Waals surface area contributed by atoms with Crippen molar-refractivity contribution < 1.29 is 9.84 Å². The molecular formula is C7H15NO2. The maximum Gasteiger partial charge on any atom is 0.0816 e. The first-order valence-corrected chi connectivity index (χ1v) is 3.64. The molecule has 0 radical (unpaired) electrons. The van der Waals surface area contributed by atoms with Gasteiger partial charge in [-0.05, 0) is 14.0 Å². The molecule has 2 unspecified atom stereocenters. The summed E-state index contributed by atoms with van der Waals surface area (Å²) in [4.78, 5) is 0. The van der Waals surface area contributed by atoms with E-state index in [1.54, 1.807) is 0 Å². The molecular weight excluding hydrogens is 130 g/mol. The van der Waals surface area contributed by atoms with Crippen LogP contribution in [0.25, 0.3) is 0 Å². The van der Waals surface area contributed by atoms with E-state index in [4.69, 9.17) is 4.74 Å². The Bertz CT molecular complexity index is 114. The molecule has 0 aromatic heterocycles. The fourth-order valence-electron chi connectivity index (χ4n) is 1.23. The molecule has 1 aliphatic heterocycles. The first-order chi connectivity index (χ1) is 4.67. The van der Waals surface area contributed by atoms with Crippen LogP contribution in [0.4, 0.5) is 0 Å². The Morgan fingerprint density at radius 2 is 2.40 bits per heavy atom. The highest BCUT2D eigenvalue weighted by molar-refractivity contribution is 4.89. The van der Waals surface area contributed by atoms with Crippen LogP contribution in [0.3, 0.4) is 0 Å². The number of ether oxygens (including phenoxy) is 1. The predicted molar refractivity (Wildman–Crippen MR) is 38.9 cm³/mol. The van der Waals surface area contributed by atoms with Crippen molar-refractivity contribution in [2.45, 2.75) is 25.0 Å². The third kappa shape index (κ3) is 1.48. The second-order valence-corrected chi connectivity index (χ2v) is 3.02. The Labute approximate surface area is 61.4 Å². The smallest absolute Gasteiger partial charge is 0.0816 e. The Morgan fingerprint density at radius 1 is 1.70 bits per heavy atom. The lowest BCUT2D eigenvalue weighted by atomic mass is 9.92.